The van der Waals surface area contributed by atoms with Gasteiger partial charge < -0.3 is 4.74 Å². The first-order valence-corrected chi connectivity index (χ1v) is 7.25. The number of carbonyl (C=O) groups is 1. The third-order valence-corrected chi connectivity index (χ3v) is 3.07. The monoisotopic (exact) mass is 291 g/mol. The molecule has 0 bridgehead atoms. The van der Waals surface area contributed by atoms with E-state index in [0.29, 0.717) is 11.0 Å². The SMILES string of the molecule is CC(C)(C)OC(=O)CSc1n[nH]c(-c2ccccc2)n1. The summed E-state index contributed by atoms with van der Waals surface area (Å²) in [5, 5.41) is 7.48. The molecule has 0 fully saturated rings. The lowest BCUT2D eigenvalue weighted by Gasteiger charge is -2.18. The second kappa shape index (κ2) is 6.09. The largest absolute Gasteiger partial charge is 0.459 e. The molecule has 0 spiro atoms. The normalized spacial score (nSPS) is 11.3. The summed E-state index contributed by atoms with van der Waals surface area (Å²) < 4.78 is 5.23. The molecule has 0 aliphatic rings. The zero-order chi connectivity index (χ0) is 14.6. The number of ether oxygens (including phenoxy) is 1. The number of H-pyrrole nitrogens is 1. The van der Waals surface area contributed by atoms with Crippen molar-refractivity contribution in [1.29, 1.82) is 0 Å². The lowest BCUT2D eigenvalue weighted by atomic mass is 10.2. The van der Waals surface area contributed by atoms with Gasteiger partial charge in [-0.2, -0.15) is 0 Å². The summed E-state index contributed by atoms with van der Waals surface area (Å²) in [6.07, 6.45) is 0. The summed E-state index contributed by atoms with van der Waals surface area (Å²) in [6.45, 7) is 5.53. The number of nitrogens with one attached hydrogen (secondary N) is 1. The quantitative estimate of drug-likeness (QED) is 0.693. The van der Waals surface area contributed by atoms with Gasteiger partial charge in [-0.15, -0.1) is 5.10 Å². The van der Waals surface area contributed by atoms with Gasteiger partial charge >= 0.3 is 5.97 Å². The second-order valence-corrected chi connectivity index (χ2v) is 6.15. The molecule has 1 aromatic carbocycles. The zero-order valence-electron chi connectivity index (χ0n) is 11.7. The van der Waals surface area contributed by atoms with Crippen LogP contribution < -0.4 is 0 Å². The van der Waals surface area contributed by atoms with E-state index in [-0.39, 0.29) is 11.7 Å². The number of hydrogen-bond acceptors (Lipinski definition) is 5. The Hall–Kier alpha value is -1.82. The highest BCUT2D eigenvalue weighted by atomic mass is 32.2. The Morgan fingerprint density at radius 2 is 2.00 bits per heavy atom. The van der Waals surface area contributed by atoms with E-state index in [1.165, 1.54) is 11.8 Å². The third-order valence-electron chi connectivity index (χ3n) is 2.25. The second-order valence-electron chi connectivity index (χ2n) is 5.21. The molecule has 5 nitrogen and oxygen atoms in total. The van der Waals surface area contributed by atoms with E-state index < -0.39 is 5.60 Å². The van der Waals surface area contributed by atoms with Crippen LogP contribution in [0.15, 0.2) is 35.5 Å². The van der Waals surface area contributed by atoms with Crippen molar-refractivity contribution in [2.45, 2.75) is 31.5 Å². The molecule has 2 aromatic rings. The molecule has 0 aliphatic heterocycles. The lowest BCUT2D eigenvalue weighted by molar-refractivity contribution is -0.151. The van der Waals surface area contributed by atoms with Crippen LogP contribution >= 0.6 is 11.8 Å². The number of nitrogens with zero attached hydrogens (tertiary/aromatic N) is 2. The molecule has 0 aliphatic carbocycles. The highest BCUT2D eigenvalue weighted by molar-refractivity contribution is 7.99. The van der Waals surface area contributed by atoms with Crippen LogP contribution in [0.4, 0.5) is 0 Å². The standard InChI is InChI=1S/C14H17N3O2S/c1-14(2,3)19-11(18)9-20-13-15-12(16-17-13)10-7-5-4-6-8-10/h4-8H,9H2,1-3H3,(H,15,16,17). The van der Waals surface area contributed by atoms with Crippen LogP contribution in [-0.4, -0.2) is 32.5 Å². The van der Waals surface area contributed by atoms with Crippen molar-refractivity contribution >= 4 is 17.7 Å². The smallest absolute Gasteiger partial charge is 0.316 e. The maximum Gasteiger partial charge on any atom is 0.316 e. The average molecular weight is 291 g/mol. The summed E-state index contributed by atoms with van der Waals surface area (Å²) in [6, 6.07) is 9.71. The molecular formula is C14H17N3O2S. The van der Waals surface area contributed by atoms with Crippen LogP contribution in [0.3, 0.4) is 0 Å². The third kappa shape index (κ3) is 4.38. The molecule has 0 amide bonds. The predicted octanol–water partition coefficient (Wildman–Crippen LogP) is 2.91. The van der Waals surface area contributed by atoms with Crippen molar-refractivity contribution in [1.82, 2.24) is 15.2 Å². The van der Waals surface area contributed by atoms with E-state index in [1.54, 1.807) is 0 Å². The van der Waals surface area contributed by atoms with Crippen LogP contribution in [0.25, 0.3) is 11.4 Å². The topological polar surface area (TPSA) is 67.9 Å². The van der Waals surface area contributed by atoms with E-state index in [0.717, 1.165) is 5.56 Å². The first-order valence-electron chi connectivity index (χ1n) is 6.26. The molecule has 106 valence electrons. The Morgan fingerprint density at radius 3 is 2.65 bits per heavy atom. The molecule has 6 heteroatoms. The van der Waals surface area contributed by atoms with Gasteiger partial charge in [-0.1, -0.05) is 42.1 Å². The van der Waals surface area contributed by atoms with Gasteiger partial charge in [0.15, 0.2) is 5.82 Å². The van der Waals surface area contributed by atoms with Crippen LogP contribution in [0, 0.1) is 0 Å². The van der Waals surface area contributed by atoms with Gasteiger partial charge in [0, 0.05) is 5.56 Å². The Balaban J connectivity index is 1.92. The average Bonchev–Trinajstić information content (AvgIpc) is 2.84. The van der Waals surface area contributed by atoms with Gasteiger partial charge in [-0.3, -0.25) is 9.89 Å². The number of aromatic nitrogens is 3. The lowest BCUT2D eigenvalue weighted by Crippen LogP contribution is -2.24. The zero-order valence-corrected chi connectivity index (χ0v) is 12.5. The van der Waals surface area contributed by atoms with E-state index in [2.05, 4.69) is 15.2 Å². The summed E-state index contributed by atoms with van der Waals surface area (Å²) in [4.78, 5) is 15.9. The summed E-state index contributed by atoms with van der Waals surface area (Å²) in [5.74, 6) is 0.620. The first-order chi connectivity index (χ1) is 9.44. The molecule has 1 aromatic heterocycles. The fourth-order valence-corrected chi connectivity index (χ4v) is 2.10. The molecule has 0 atom stereocenters. The van der Waals surface area contributed by atoms with Crippen LogP contribution in [-0.2, 0) is 9.53 Å². The molecule has 1 N–H and O–H groups in total. The predicted molar refractivity (Wildman–Crippen MR) is 78.4 cm³/mol. The van der Waals surface area contributed by atoms with Crippen LogP contribution in [0.5, 0.6) is 0 Å². The van der Waals surface area contributed by atoms with E-state index in [9.17, 15) is 4.79 Å². The van der Waals surface area contributed by atoms with Crippen molar-refractivity contribution in [3.63, 3.8) is 0 Å². The van der Waals surface area contributed by atoms with Crippen molar-refractivity contribution in [2.24, 2.45) is 0 Å². The number of benzene rings is 1. The number of rotatable bonds is 4. The molecular weight excluding hydrogens is 274 g/mol. The molecule has 0 radical (unpaired) electrons. The van der Waals surface area contributed by atoms with E-state index >= 15 is 0 Å². The molecule has 20 heavy (non-hydrogen) atoms. The minimum absolute atomic E-state index is 0.198. The molecule has 2 rings (SSSR count). The fraction of sp³-hybridized carbons (Fsp3) is 0.357. The fourth-order valence-electron chi connectivity index (χ4n) is 1.53. The summed E-state index contributed by atoms with van der Waals surface area (Å²) >= 11 is 1.26. The molecule has 1 heterocycles. The number of aromatic amines is 1. The van der Waals surface area contributed by atoms with Crippen molar-refractivity contribution in [2.75, 3.05) is 5.75 Å². The minimum atomic E-state index is -0.466. The van der Waals surface area contributed by atoms with Crippen molar-refractivity contribution < 1.29 is 9.53 Å². The van der Waals surface area contributed by atoms with Crippen LogP contribution in [0.2, 0.25) is 0 Å². The van der Waals surface area contributed by atoms with Gasteiger partial charge in [0.1, 0.15) is 5.60 Å². The van der Waals surface area contributed by atoms with Gasteiger partial charge in [-0.05, 0) is 20.8 Å². The Kier molecular flexibility index (Phi) is 4.44. The van der Waals surface area contributed by atoms with Gasteiger partial charge in [0.05, 0.1) is 5.75 Å². The maximum absolute atomic E-state index is 11.6. The molecule has 0 unspecified atom stereocenters. The molecule has 0 saturated carbocycles. The Labute approximate surface area is 122 Å². The van der Waals surface area contributed by atoms with Crippen molar-refractivity contribution in [3.8, 4) is 11.4 Å². The van der Waals surface area contributed by atoms with Gasteiger partial charge in [0.2, 0.25) is 5.16 Å². The number of hydrogen-bond donors (Lipinski definition) is 1. The van der Waals surface area contributed by atoms with E-state index in [4.69, 9.17) is 4.74 Å². The minimum Gasteiger partial charge on any atom is -0.459 e. The van der Waals surface area contributed by atoms with Crippen LogP contribution in [0.1, 0.15) is 20.8 Å². The number of carbonyl (C=O) groups excluding carboxylic acids is 1. The summed E-state index contributed by atoms with van der Waals surface area (Å²) in [7, 11) is 0. The number of thioether (sulfide) groups is 1. The Morgan fingerprint density at radius 1 is 1.30 bits per heavy atom. The van der Waals surface area contributed by atoms with Gasteiger partial charge in [-0.25, -0.2) is 4.98 Å². The highest BCUT2D eigenvalue weighted by Gasteiger charge is 2.17. The van der Waals surface area contributed by atoms with Crippen molar-refractivity contribution in [3.05, 3.63) is 30.3 Å². The first kappa shape index (κ1) is 14.6. The maximum atomic E-state index is 11.6. The highest BCUT2D eigenvalue weighted by Crippen LogP contribution is 2.19. The number of esters is 1. The summed E-state index contributed by atoms with van der Waals surface area (Å²) in [5.41, 5.74) is 0.496. The van der Waals surface area contributed by atoms with E-state index in [1.807, 2.05) is 51.1 Å². The molecule has 0 saturated heterocycles. The Bertz CT molecular complexity index is 576. The van der Waals surface area contributed by atoms with Gasteiger partial charge in [0.25, 0.3) is 0 Å².